The topological polar surface area (TPSA) is 31.4 Å². The Kier molecular flexibility index (Phi) is 4.35. The molecule has 0 N–H and O–H groups in total. The lowest BCUT2D eigenvalue weighted by Gasteiger charge is -2.10. The molecule has 1 heterocycles. The first-order chi connectivity index (χ1) is 9.84. The third-order valence-electron chi connectivity index (χ3n) is 2.41. The number of ether oxygens (including phenoxy) is 2. The third kappa shape index (κ3) is 4.37. The molecular formula is C15H12F3NO2. The average Bonchev–Trinajstić information content (AvgIpc) is 2.40. The number of hydrogen-bond acceptors (Lipinski definition) is 3. The van der Waals surface area contributed by atoms with Crippen LogP contribution in [0.2, 0.25) is 0 Å². The summed E-state index contributed by atoms with van der Waals surface area (Å²) in [5, 5.41) is 0. The fourth-order valence-electron chi connectivity index (χ4n) is 1.51. The van der Waals surface area contributed by atoms with Crippen LogP contribution in [0.5, 0.6) is 17.4 Å². The molecule has 1 aromatic heterocycles. The van der Waals surface area contributed by atoms with Crippen LogP contribution in [0.25, 0.3) is 0 Å². The predicted octanol–water partition coefficient (Wildman–Crippen LogP) is 4.31. The third-order valence-corrected chi connectivity index (χ3v) is 2.41. The number of halogens is 3. The van der Waals surface area contributed by atoms with Gasteiger partial charge < -0.3 is 9.47 Å². The summed E-state index contributed by atoms with van der Waals surface area (Å²) in [5.41, 5.74) is -0.824. The lowest BCUT2D eigenvalue weighted by atomic mass is 10.3. The Morgan fingerprint density at radius 2 is 1.57 bits per heavy atom. The molecule has 0 aliphatic heterocycles. The van der Waals surface area contributed by atoms with Gasteiger partial charge in [-0.25, -0.2) is 4.98 Å². The van der Waals surface area contributed by atoms with Crippen molar-refractivity contribution >= 4 is 0 Å². The van der Waals surface area contributed by atoms with E-state index < -0.39 is 17.8 Å². The summed E-state index contributed by atoms with van der Waals surface area (Å²) in [4.78, 5) is 3.62. The van der Waals surface area contributed by atoms with E-state index in [4.69, 9.17) is 9.47 Å². The monoisotopic (exact) mass is 295 g/mol. The fraction of sp³-hybridized carbons (Fsp3) is 0.133. The van der Waals surface area contributed by atoms with Crippen LogP contribution in [0.4, 0.5) is 13.2 Å². The van der Waals surface area contributed by atoms with Crippen molar-refractivity contribution in [2.45, 2.75) is 12.3 Å². The second-order valence-electron chi connectivity index (χ2n) is 4.20. The van der Waals surface area contributed by atoms with E-state index in [2.05, 4.69) is 18.8 Å². The van der Waals surface area contributed by atoms with Crippen molar-refractivity contribution in [3.8, 4) is 17.4 Å². The summed E-state index contributed by atoms with van der Waals surface area (Å²) < 4.78 is 47.8. The number of hydrogen-bond donors (Lipinski definition) is 0. The Labute approximate surface area is 120 Å². The number of alkyl halides is 3. The van der Waals surface area contributed by atoms with Gasteiger partial charge in [-0.15, -0.1) is 0 Å². The minimum Gasteiger partial charge on any atom is -0.490 e. The highest BCUT2D eigenvalue weighted by Crippen LogP contribution is 2.30. The molecule has 0 spiro atoms. The molecule has 0 saturated heterocycles. The molecule has 1 aromatic carbocycles. The first kappa shape index (κ1) is 15.2. The molecule has 0 amide bonds. The van der Waals surface area contributed by atoms with Gasteiger partial charge in [-0.1, -0.05) is 0 Å². The second-order valence-corrected chi connectivity index (χ2v) is 4.20. The van der Waals surface area contributed by atoms with E-state index >= 15 is 0 Å². The predicted molar refractivity (Wildman–Crippen MR) is 70.9 cm³/mol. The van der Waals surface area contributed by atoms with Crippen molar-refractivity contribution in [3.05, 3.63) is 62.0 Å². The molecule has 110 valence electrons. The normalized spacial score (nSPS) is 11.5. The van der Waals surface area contributed by atoms with E-state index in [-0.39, 0.29) is 5.88 Å². The molecule has 3 nitrogen and oxygen atoms in total. The lowest BCUT2D eigenvalue weighted by Crippen LogP contribution is -2.06. The van der Waals surface area contributed by atoms with Crippen LogP contribution >= 0.6 is 0 Å². The van der Waals surface area contributed by atoms with Crippen molar-refractivity contribution < 1.29 is 22.6 Å². The summed E-state index contributed by atoms with van der Waals surface area (Å²) in [5.74, 6) is 1.07. The summed E-state index contributed by atoms with van der Waals surface area (Å²) in [6, 6.07) is 8.57. The van der Waals surface area contributed by atoms with Crippen LogP contribution in [-0.4, -0.2) is 11.1 Å². The molecule has 21 heavy (non-hydrogen) atoms. The Hall–Kier alpha value is -2.24. The van der Waals surface area contributed by atoms with Gasteiger partial charge in [0.1, 0.15) is 11.5 Å². The van der Waals surface area contributed by atoms with Crippen LogP contribution in [0, 0.1) is 13.8 Å². The van der Waals surface area contributed by atoms with Crippen molar-refractivity contribution in [1.82, 2.24) is 4.98 Å². The SMILES string of the molecule is [CH2]C([CH2])Oc1ccc(Oc2ccc(C(F)(F)F)cn2)cc1. The minimum absolute atomic E-state index is 0.0730. The zero-order valence-corrected chi connectivity index (χ0v) is 10.9. The van der Waals surface area contributed by atoms with E-state index in [0.717, 1.165) is 18.3 Å². The second kappa shape index (κ2) is 6.03. The maximum Gasteiger partial charge on any atom is 0.417 e. The lowest BCUT2D eigenvalue weighted by molar-refractivity contribution is -0.137. The number of benzene rings is 1. The zero-order valence-electron chi connectivity index (χ0n) is 10.9. The van der Waals surface area contributed by atoms with E-state index in [1.165, 1.54) is 0 Å². The standard InChI is InChI=1S/C15H12F3NO2/c1-10(2)20-12-4-6-13(7-5-12)21-14-8-3-11(9-19-14)15(16,17)18/h3-10H,1-2H2. The van der Waals surface area contributed by atoms with Gasteiger partial charge in [-0.2, -0.15) is 13.2 Å². The van der Waals surface area contributed by atoms with Crippen molar-refractivity contribution in [3.63, 3.8) is 0 Å². The molecule has 0 bridgehead atoms. The Bertz CT molecular complexity index is 577. The van der Waals surface area contributed by atoms with Crippen molar-refractivity contribution in [2.24, 2.45) is 0 Å². The number of aromatic nitrogens is 1. The first-order valence-electron chi connectivity index (χ1n) is 5.98. The summed E-state index contributed by atoms with van der Waals surface area (Å²) in [6.07, 6.45) is -4.12. The largest absolute Gasteiger partial charge is 0.490 e. The highest BCUT2D eigenvalue weighted by Gasteiger charge is 2.30. The Morgan fingerprint density at radius 3 is 2.05 bits per heavy atom. The minimum atomic E-state index is -4.41. The summed E-state index contributed by atoms with van der Waals surface area (Å²) >= 11 is 0. The number of pyridine rings is 1. The quantitative estimate of drug-likeness (QED) is 0.842. The van der Waals surface area contributed by atoms with Gasteiger partial charge in [-0.3, -0.25) is 0 Å². The smallest absolute Gasteiger partial charge is 0.417 e. The van der Waals surface area contributed by atoms with Gasteiger partial charge in [0.05, 0.1) is 11.7 Å². The molecule has 0 saturated carbocycles. The van der Waals surface area contributed by atoms with Crippen LogP contribution in [0.15, 0.2) is 42.6 Å². The molecule has 2 rings (SSSR count). The van der Waals surface area contributed by atoms with Gasteiger partial charge in [0, 0.05) is 12.3 Å². The van der Waals surface area contributed by atoms with Gasteiger partial charge >= 0.3 is 6.18 Å². The van der Waals surface area contributed by atoms with Crippen LogP contribution < -0.4 is 9.47 Å². The summed E-state index contributed by atoms with van der Waals surface area (Å²) in [6.45, 7) is 7.17. The molecule has 0 unspecified atom stereocenters. The molecular weight excluding hydrogens is 283 g/mol. The molecule has 0 fully saturated rings. The van der Waals surface area contributed by atoms with Crippen LogP contribution in [0.3, 0.4) is 0 Å². The Balaban J connectivity index is 2.04. The molecule has 2 aromatic rings. The number of rotatable bonds is 4. The van der Waals surface area contributed by atoms with Gasteiger partial charge in [0.2, 0.25) is 5.88 Å². The first-order valence-corrected chi connectivity index (χ1v) is 5.98. The van der Waals surface area contributed by atoms with Gasteiger partial charge in [0.25, 0.3) is 0 Å². The number of nitrogens with zero attached hydrogens (tertiary/aromatic N) is 1. The van der Waals surface area contributed by atoms with Crippen molar-refractivity contribution in [2.75, 3.05) is 0 Å². The molecule has 6 heteroatoms. The summed E-state index contributed by atoms with van der Waals surface area (Å²) in [7, 11) is 0. The van der Waals surface area contributed by atoms with E-state index in [0.29, 0.717) is 11.5 Å². The maximum atomic E-state index is 12.4. The fourth-order valence-corrected chi connectivity index (χ4v) is 1.51. The highest BCUT2D eigenvalue weighted by atomic mass is 19.4. The van der Waals surface area contributed by atoms with Crippen LogP contribution in [0.1, 0.15) is 5.56 Å². The van der Waals surface area contributed by atoms with Crippen LogP contribution in [-0.2, 0) is 6.18 Å². The molecule has 0 aliphatic carbocycles. The van der Waals surface area contributed by atoms with E-state index in [1.54, 1.807) is 24.3 Å². The van der Waals surface area contributed by atoms with E-state index in [1.807, 2.05) is 0 Å². The van der Waals surface area contributed by atoms with Crippen molar-refractivity contribution in [1.29, 1.82) is 0 Å². The highest BCUT2D eigenvalue weighted by molar-refractivity contribution is 5.34. The van der Waals surface area contributed by atoms with E-state index in [9.17, 15) is 13.2 Å². The van der Waals surface area contributed by atoms with Gasteiger partial charge in [0.15, 0.2) is 0 Å². The molecule has 0 atom stereocenters. The van der Waals surface area contributed by atoms with Gasteiger partial charge in [-0.05, 0) is 44.2 Å². The average molecular weight is 295 g/mol. The Morgan fingerprint density at radius 1 is 0.952 bits per heavy atom. The zero-order chi connectivity index (χ0) is 15.5. The molecule has 2 radical (unpaired) electrons. The maximum absolute atomic E-state index is 12.4. The molecule has 0 aliphatic rings.